The summed E-state index contributed by atoms with van der Waals surface area (Å²) in [6, 6.07) is 6.62. The number of nitrogens with one attached hydrogen (secondary N) is 1. The molecule has 1 aromatic heterocycles. The molecule has 0 saturated carbocycles. The van der Waals surface area contributed by atoms with Crippen molar-refractivity contribution in [2.75, 3.05) is 19.0 Å². The molecule has 4 nitrogen and oxygen atoms in total. The molecular formula is C13H16FN3OS. The van der Waals surface area contributed by atoms with Crippen LogP contribution < -0.4 is 5.32 Å². The minimum absolute atomic E-state index is 0.191. The van der Waals surface area contributed by atoms with Crippen molar-refractivity contribution in [2.45, 2.75) is 19.4 Å². The monoisotopic (exact) mass is 281 g/mol. The van der Waals surface area contributed by atoms with Crippen molar-refractivity contribution in [3.63, 3.8) is 0 Å². The van der Waals surface area contributed by atoms with Crippen molar-refractivity contribution in [3.05, 3.63) is 40.7 Å². The van der Waals surface area contributed by atoms with E-state index in [2.05, 4.69) is 15.5 Å². The van der Waals surface area contributed by atoms with Crippen molar-refractivity contribution in [3.8, 4) is 0 Å². The first-order chi connectivity index (χ1) is 9.17. The second-order valence-electron chi connectivity index (χ2n) is 4.30. The van der Waals surface area contributed by atoms with Crippen molar-refractivity contribution in [1.82, 2.24) is 10.2 Å². The first-order valence-corrected chi connectivity index (χ1v) is 6.81. The lowest BCUT2D eigenvalue weighted by Crippen LogP contribution is -2.20. The predicted molar refractivity (Wildman–Crippen MR) is 74.1 cm³/mol. The summed E-state index contributed by atoms with van der Waals surface area (Å²) < 4.78 is 17.8. The fraction of sp³-hybridized carbons (Fsp3) is 0.385. The zero-order valence-corrected chi connectivity index (χ0v) is 11.7. The second kappa shape index (κ2) is 6.58. The molecule has 0 aliphatic heterocycles. The standard InChI is InChI=1S/C13H16FN3OS/c1-9(8-18-2)15-13-17-16-12(19-13)7-10-3-5-11(14)6-4-10/h3-6,9H,7-8H2,1-2H3,(H,15,17). The van der Waals surface area contributed by atoms with E-state index in [-0.39, 0.29) is 11.9 Å². The lowest BCUT2D eigenvalue weighted by atomic mass is 10.2. The van der Waals surface area contributed by atoms with Crippen LogP contribution in [0.25, 0.3) is 0 Å². The van der Waals surface area contributed by atoms with Gasteiger partial charge in [0.1, 0.15) is 10.8 Å². The smallest absolute Gasteiger partial charge is 0.205 e. The van der Waals surface area contributed by atoms with Gasteiger partial charge in [0.15, 0.2) is 0 Å². The average Bonchev–Trinajstić information content (AvgIpc) is 2.80. The molecule has 1 heterocycles. The Morgan fingerprint density at radius 3 is 2.74 bits per heavy atom. The molecule has 1 N–H and O–H groups in total. The highest BCUT2D eigenvalue weighted by Gasteiger charge is 2.08. The lowest BCUT2D eigenvalue weighted by molar-refractivity contribution is 0.190. The quantitative estimate of drug-likeness (QED) is 0.884. The number of anilines is 1. The van der Waals surface area contributed by atoms with Crippen LogP contribution in [-0.2, 0) is 11.2 Å². The lowest BCUT2D eigenvalue weighted by Gasteiger charge is -2.09. The Kier molecular flexibility index (Phi) is 4.81. The molecule has 2 aromatic rings. The number of methoxy groups -OCH3 is 1. The van der Waals surface area contributed by atoms with Gasteiger partial charge in [-0.3, -0.25) is 0 Å². The van der Waals surface area contributed by atoms with Crippen LogP contribution in [0, 0.1) is 5.82 Å². The van der Waals surface area contributed by atoms with Crippen molar-refractivity contribution in [2.24, 2.45) is 0 Å². The third kappa shape index (κ3) is 4.25. The van der Waals surface area contributed by atoms with Gasteiger partial charge in [-0.25, -0.2) is 4.39 Å². The molecule has 0 saturated heterocycles. The van der Waals surface area contributed by atoms with Crippen LogP contribution in [0.15, 0.2) is 24.3 Å². The number of aromatic nitrogens is 2. The number of hydrogen-bond donors (Lipinski definition) is 1. The van der Waals surface area contributed by atoms with Gasteiger partial charge in [0.2, 0.25) is 5.13 Å². The molecule has 1 atom stereocenters. The molecule has 1 unspecified atom stereocenters. The summed E-state index contributed by atoms with van der Waals surface area (Å²) in [7, 11) is 1.66. The Hall–Kier alpha value is -1.53. The number of hydrogen-bond acceptors (Lipinski definition) is 5. The molecule has 1 aromatic carbocycles. The Labute approximate surface area is 115 Å². The van der Waals surface area contributed by atoms with Gasteiger partial charge in [0.05, 0.1) is 6.61 Å². The SMILES string of the molecule is COCC(C)Nc1nnc(Cc2ccc(F)cc2)s1. The van der Waals surface area contributed by atoms with Gasteiger partial charge in [-0.1, -0.05) is 23.5 Å². The third-order valence-corrected chi connectivity index (χ3v) is 3.38. The molecule has 102 valence electrons. The van der Waals surface area contributed by atoms with Crippen LogP contribution in [0.5, 0.6) is 0 Å². The van der Waals surface area contributed by atoms with E-state index in [4.69, 9.17) is 4.74 Å². The number of rotatable bonds is 6. The predicted octanol–water partition coefficient (Wildman–Crippen LogP) is 2.71. The second-order valence-corrected chi connectivity index (χ2v) is 5.37. The fourth-order valence-electron chi connectivity index (χ4n) is 1.66. The number of nitrogens with zero attached hydrogens (tertiary/aromatic N) is 2. The Bertz CT molecular complexity index is 515. The van der Waals surface area contributed by atoms with Crippen LogP contribution in [0.1, 0.15) is 17.5 Å². The minimum Gasteiger partial charge on any atom is -0.383 e. The van der Waals surface area contributed by atoms with E-state index in [1.54, 1.807) is 19.2 Å². The van der Waals surface area contributed by atoms with Gasteiger partial charge in [-0.2, -0.15) is 0 Å². The molecular weight excluding hydrogens is 265 g/mol. The summed E-state index contributed by atoms with van der Waals surface area (Å²) >= 11 is 1.50. The summed E-state index contributed by atoms with van der Waals surface area (Å²) in [4.78, 5) is 0. The van der Waals surface area contributed by atoms with Crippen LogP contribution >= 0.6 is 11.3 Å². The van der Waals surface area contributed by atoms with Crippen molar-refractivity contribution < 1.29 is 9.13 Å². The average molecular weight is 281 g/mol. The summed E-state index contributed by atoms with van der Waals surface area (Å²) in [6.07, 6.45) is 0.665. The van der Waals surface area contributed by atoms with Gasteiger partial charge >= 0.3 is 0 Å². The molecule has 19 heavy (non-hydrogen) atoms. The van der Waals surface area contributed by atoms with Gasteiger partial charge < -0.3 is 10.1 Å². The maximum atomic E-state index is 12.8. The topological polar surface area (TPSA) is 47.0 Å². The van der Waals surface area contributed by atoms with E-state index in [9.17, 15) is 4.39 Å². The molecule has 0 spiro atoms. The third-order valence-electron chi connectivity index (χ3n) is 2.52. The Morgan fingerprint density at radius 2 is 2.05 bits per heavy atom. The summed E-state index contributed by atoms with van der Waals surface area (Å²) in [5, 5.41) is 13.1. The Morgan fingerprint density at radius 1 is 1.32 bits per heavy atom. The van der Waals surface area contributed by atoms with Gasteiger partial charge in [0.25, 0.3) is 0 Å². The van der Waals surface area contributed by atoms with E-state index >= 15 is 0 Å². The highest BCUT2D eigenvalue weighted by Crippen LogP contribution is 2.19. The van der Waals surface area contributed by atoms with Gasteiger partial charge in [0, 0.05) is 19.6 Å². The van der Waals surface area contributed by atoms with Crippen LogP contribution in [0.2, 0.25) is 0 Å². The highest BCUT2D eigenvalue weighted by atomic mass is 32.1. The van der Waals surface area contributed by atoms with E-state index in [1.165, 1.54) is 23.5 Å². The van der Waals surface area contributed by atoms with E-state index in [0.717, 1.165) is 15.7 Å². The molecule has 2 rings (SSSR count). The number of halogens is 1. The van der Waals surface area contributed by atoms with E-state index in [0.29, 0.717) is 13.0 Å². The van der Waals surface area contributed by atoms with Gasteiger partial charge in [-0.15, -0.1) is 10.2 Å². The minimum atomic E-state index is -0.225. The maximum Gasteiger partial charge on any atom is 0.205 e. The maximum absolute atomic E-state index is 12.8. The Balaban J connectivity index is 1.95. The van der Waals surface area contributed by atoms with E-state index < -0.39 is 0 Å². The van der Waals surface area contributed by atoms with Crippen molar-refractivity contribution >= 4 is 16.5 Å². The first-order valence-electron chi connectivity index (χ1n) is 5.99. The summed E-state index contributed by atoms with van der Waals surface area (Å²) in [5.41, 5.74) is 1.02. The molecule has 0 fully saturated rings. The van der Waals surface area contributed by atoms with Gasteiger partial charge in [-0.05, 0) is 24.6 Å². The van der Waals surface area contributed by atoms with Crippen LogP contribution in [0.4, 0.5) is 9.52 Å². The summed E-state index contributed by atoms with van der Waals surface area (Å²) in [6.45, 7) is 2.64. The van der Waals surface area contributed by atoms with Crippen LogP contribution in [0.3, 0.4) is 0 Å². The summed E-state index contributed by atoms with van der Waals surface area (Å²) in [5.74, 6) is -0.225. The van der Waals surface area contributed by atoms with E-state index in [1.807, 2.05) is 6.92 Å². The first kappa shape index (κ1) is 13.9. The largest absolute Gasteiger partial charge is 0.383 e. The highest BCUT2D eigenvalue weighted by molar-refractivity contribution is 7.15. The number of ether oxygens (including phenoxy) is 1. The zero-order valence-electron chi connectivity index (χ0n) is 10.9. The number of benzene rings is 1. The molecule has 0 aliphatic carbocycles. The molecule has 0 aliphatic rings. The zero-order chi connectivity index (χ0) is 13.7. The normalized spacial score (nSPS) is 12.4. The molecule has 0 radical (unpaired) electrons. The van der Waals surface area contributed by atoms with Crippen LogP contribution in [-0.4, -0.2) is 30.0 Å². The molecule has 0 amide bonds. The fourth-order valence-corrected chi connectivity index (χ4v) is 2.55. The van der Waals surface area contributed by atoms with Crippen molar-refractivity contribution in [1.29, 1.82) is 0 Å². The molecule has 0 bridgehead atoms. The molecule has 6 heteroatoms.